The number of carbonyl (C=O) groups is 3. The number of oxazole rings is 1. The van der Waals surface area contributed by atoms with Crippen molar-refractivity contribution in [1.29, 1.82) is 0 Å². The molecule has 3 heterocycles. The monoisotopic (exact) mass is 594 g/mol. The molecule has 2 unspecified atom stereocenters. The molecule has 2 amide bonds. The summed E-state index contributed by atoms with van der Waals surface area (Å²) in [6, 6.07) is 24.6. The Bertz CT molecular complexity index is 1780. The van der Waals surface area contributed by atoms with E-state index in [1.165, 1.54) is 11.3 Å². The van der Waals surface area contributed by atoms with Gasteiger partial charge in [-0.15, -0.1) is 11.3 Å². The summed E-state index contributed by atoms with van der Waals surface area (Å²) in [5, 5.41) is 17.8. The molecule has 10 heteroatoms. The summed E-state index contributed by atoms with van der Waals surface area (Å²) in [7, 11) is 0. The molecule has 43 heavy (non-hydrogen) atoms. The minimum absolute atomic E-state index is 0.142. The smallest absolute Gasteiger partial charge is 0.308 e. The van der Waals surface area contributed by atoms with Crippen molar-refractivity contribution in [3.8, 4) is 0 Å². The lowest BCUT2D eigenvalue weighted by molar-refractivity contribution is -0.141. The van der Waals surface area contributed by atoms with Crippen LogP contribution in [-0.4, -0.2) is 45.9 Å². The van der Waals surface area contributed by atoms with Crippen LogP contribution in [0.15, 0.2) is 88.7 Å². The zero-order valence-electron chi connectivity index (χ0n) is 23.4. The molecule has 3 aromatic carbocycles. The van der Waals surface area contributed by atoms with Crippen LogP contribution < -0.4 is 10.6 Å². The lowest BCUT2D eigenvalue weighted by atomic mass is 9.89. The number of rotatable bonds is 9. The maximum Gasteiger partial charge on any atom is 0.308 e. The second-order valence-electron chi connectivity index (χ2n) is 10.5. The van der Waals surface area contributed by atoms with Gasteiger partial charge < -0.3 is 25.1 Å². The maximum atomic E-state index is 12.9. The fraction of sp³-hybridized carbons (Fsp3) is 0.212. The number of amides is 2. The fourth-order valence-electron chi connectivity index (χ4n) is 5.52. The first-order valence-corrected chi connectivity index (χ1v) is 15.0. The van der Waals surface area contributed by atoms with Gasteiger partial charge in [0, 0.05) is 30.4 Å². The van der Waals surface area contributed by atoms with E-state index in [9.17, 15) is 19.5 Å². The molecule has 9 nitrogen and oxygen atoms in total. The Hall–Kier alpha value is -4.96. The van der Waals surface area contributed by atoms with E-state index in [1.54, 1.807) is 23.1 Å². The van der Waals surface area contributed by atoms with Crippen LogP contribution in [-0.2, 0) is 22.4 Å². The number of carboxylic acids is 1. The molecule has 0 radical (unpaired) electrons. The van der Waals surface area contributed by atoms with Crippen LogP contribution in [0.2, 0.25) is 0 Å². The van der Waals surface area contributed by atoms with Gasteiger partial charge in [0.05, 0.1) is 17.2 Å². The molecule has 0 saturated carbocycles. The maximum absolute atomic E-state index is 12.9. The lowest BCUT2D eigenvalue weighted by Crippen LogP contribution is -2.29. The van der Waals surface area contributed by atoms with Crippen LogP contribution in [0.1, 0.15) is 39.2 Å². The highest BCUT2D eigenvalue weighted by molar-refractivity contribution is 7.12. The van der Waals surface area contributed by atoms with Gasteiger partial charge in [-0.05, 0) is 64.9 Å². The number of anilines is 3. The lowest BCUT2D eigenvalue weighted by Gasteiger charge is -2.16. The van der Waals surface area contributed by atoms with E-state index in [0.717, 1.165) is 28.8 Å². The Labute approximate surface area is 252 Å². The molecule has 5 aromatic rings. The first-order valence-electron chi connectivity index (χ1n) is 14.1. The van der Waals surface area contributed by atoms with E-state index in [2.05, 4.69) is 28.6 Å². The van der Waals surface area contributed by atoms with Crippen LogP contribution in [0.25, 0.3) is 11.1 Å². The van der Waals surface area contributed by atoms with Gasteiger partial charge in [0.25, 0.3) is 11.9 Å². The van der Waals surface area contributed by atoms with Crippen LogP contribution in [0.4, 0.5) is 17.4 Å². The third-order valence-electron chi connectivity index (χ3n) is 7.74. The number of aromatic nitrogens is 1. The predicted molar refractivity (Wildman–Crippen MR) is 166 cm³/mol. The van der Waals surface area contributed by atoms with Crippen molar-refractivity contribution in [2.75, 3.05) is 23.7 Å². The summed E-state index contributed by atoms with van der Waals surface area (Å²) < 4.78 is 5.92. The summed E-state index contributed by atoms with van der Waals surface area (Å²) in [4.78, 5) is 44.4. The number of benzene rings is 3. The van der Waals surface area contributed by atoms with E-state index in [1.807, 2.05) is 60.0 Å². The highest BCUT2D eigenvalue weighted by Crippen LogP contribution is 2.35. The van der Waals surface area contributed by atoms with Crippen LogP contribution in [0.5, 0.6) is 0 Å². The van der Waals surface area contributed by atoms with Crippen LogP contribution >= 0.6 is 11.3 Å². The fourth-order valence-corrected chi connectivity index (χ4v) is 6.21. The number of nitrogens with one attached hydrogen (secondary N) is 2. The van der Waals surface area contributed by atoms with E-state index in [0.29, 0.717) is 34.2 Å². The molecular formula is C33H30N4O5S. The number of aryl methyl sites for hydroxylation is 1. The quantitative estimate of drug-likeness (QED) is 0.182. The molecule has 1 saturated heterocycles. The van der Waals surface area contributed by atoms with Crippen molar-refractivity contribution < 1.29 is 23.9 Å². The number of hydrogen-bond acceptors (Lipinski definition) is 7. The minimum Gasteiger partial charge on any atom is -0.481 e. The van der Waals surface area contributed by atoms with Gasteiger partial charge in [-0.25, -0.2) is 0 Å². The summed E-state index contributed by atoms with van der Waals surface area (Å²) in [5.74, 6) is -2.31. The van der Waals surface area contributed by atoms with Gasteiger partial charge in [0.15, 0.2) is 5.58 Å². The molecule has 2 atom stereocenters. The molecular weight excluding hydrogens is 564 g/mol. The minimum atomic E-state index is -0.929. The third kappa shape index (κ3) is 6.14. The van der Waals surface area contributed by atoms with Crippen molar-refractivity contribution in [2.24, 2.45) is 5.92 Å². The van der Waals surface area contributed by atoms with Crippen molar-refractivity contribution >= 4 is 57.6 Å². The second kappa shape index (κ2) is 12.1. The third-order valence-corrected chi connectivity index (χ3v) is 8.59. The van der Waals surface area contributed by atoms with Gasteiger partial charge in [0.2, 0.25) is 5.91 Å². The van der Waals surface area contributed by atoms with E-state index in [4.69, 9.17) is 4.42 Å². The zero-order valence-corrected chi connectivity index (χ0v) is 24.3. The normalized spacial score (nSPS) is 16.3. The summed E-state index contributed by atoms with van der Waals surface area (Å²) in [6.07, 6.45) is 1.02. The Balaban J connectivity index is 1.09. The Morgan fingerprint density at radius 3 is 2.58 bits per heavy atom. The molecule has 0 spiro atoms. The number of likely N-dealkylation sites (tertiary alicyclic amines) is 1. The molecule has 0 aliphatic carbocycles. The predicted octanol–water partition coefficient (Wildman–Crippen LogP) is 6.32. The summed E-state index contributed by atoms with van der Waals surface area (Å²) >= 11 is 1.35. The molecule has 3 N–H and O–H groups in total. The van der Waals surface area contributed by atoms with Gasteiger partial charge in [-0.1, -0.05) is 49.4 Å². The largest absolute Gasteiger partial charge is 0.481 e. The second-order valence-corrected chi connectivity index (χ2v) is 11.5. The van der Waals surface area contributed by atoms with Crippen molar-refractivity contribution in [3.63, 3.8) is 0 Å². The average Bonchev–Trinajstić information content (AvgIpc) is 3.77. The highest BCUT2D eigenvalue weighted by atomic mass is 32.1. The topological polar surface area (TPSA) is 125 Å². The molecule has 6 rings (SSSR count). The molecule has 218 valence electrons. The molecule has 0 bridgehead atoms. The zero-order chi connectivity index (χ0) is 29.9. The number of aliphatic carboxylic acids is 1. The molecule has 2 aromatic heterocycles. The van der Waals surface area contributed by atoms with E-state index < -0.39 is 11.9 Å². The highest BCUT2D eigenvalue weighted by Gasteiger charge is 2.40. The van der Waals surface area contributed by atoms with Gasteiger partial charge >= 0.3 is 5.97 Å². The number of thiophene rings is 1. The van der Waals surface area contributed by atoms with Gasteiger partial charge in [-0.3, -0.25) is 14.4 Å². The number of carbonyl (C=O) groups excluding carboxylic acids is 2. The van der Waals surface area contributed by atoms with Gasteiger partial charge in [-0.2, -0.15) is 4.98 Å². The number of carboxylic acid groups (broad SMARTS) is 1. The van der Waals surface area contributed by atoms with Gasteiger partial charge in [0.1, 0.15) is 5.52 Å². The first kappa shape index (κ1) is 28.2. The van der Waals surface area contributed by atoms with Crippen LogP contribution in [0.3, 0.4) is 0 Å². The number of para-hydroxylation sites is 1. The number of nitrogens with zero attached hydrogens (tertiary/aromatic N) is 2. The van der Waals surface area contributed by atoms with E-state index in [-0.39, 0.29) is 30.7 Å². The summed E-state index contributed by atoms with van der Waals surface area (Å²) in [6.45, 7) is 2.58. The SMILES string of the molecule is CCc1ccccc1Nc1nc2ccc(CC(=O)Nc3ccc(C4CN(C(=O)c5cccs5)CC4C(=O)O)cc3)cc2o1. The Morgan fingerprint density at radius 1 is 1.02 bits per heavy atom. The van der Waals surface area contributed by atoms with Crippen molar-refractivity contribution in [3.05, 3.63) is 106 Å². The average molecular weight is 595 g/mol. The van der Waals surface area contributed by atoms with Crippen LogP contribution in [0, 0.1) is 5.92 Å². The standard InChI is InChI=1S/C33H30N4O5S/c1-2-21-6-3-4-7-26(21)35-33-36-27-14-9-20(16-28(27)42-33)17-30(38)34-23-12-10-22(11-13-23)24-18-37(19-25(24)32(40)41)31(39)29-8-5-15-43-29/h3-16,24-25H,2,17-19H2,1H3,(H,34,38)(H,35,36)(H,40,41). The summed E-state index contributed by atoms with van der Waals surface area (Å²) in [5.41, 5.74) is 5.58. The molecule has 1 aliphatic heterocycles. The van der Waals surface area contributed by atoms with Crippen molar-refractivity contribution in [2.45, 2.75) is 25.7 Å². The molecule has 1 fully saturated rings. The Kier molecular flexibility index (Phi) is 7.93. The number of fused-ring (bicyclic) bond motifs is 1. The Morgan fingerprint density at radius 2 is 1.84 bits per heavy atom. The number of hydrogen-bond donors (Lipinski definition) is 3. The first-order chi connectivity index (χ1) is 20.9. The molecule has 1 aliphatic rings. The van der Waals surface area contributed by atoms with E-state index >= 15 is 0 Å². The van der Waals surface area contributed by atoms with Crippen molar-refractivity contribution in [1.82, 2.24) is 9.88 Å².